The predicted molar refractivity (Wildman–Crippen MR) is 109 cm³/mol. The first kappa shape index (κ1) is 16.5. The Balaban J connectivity index is 1.74. The zero-order valence-corrected chi connectivity index (χ0v) is 16.4. The molecule has 1 aliphatic carbocycles. The molecule has 1 heterocycles. The van der Waals surface area contributed by atoms with Crippen LogP contribution in [0.5, 0.6) is 0 Å². The number of rotatable bonds is 3. The van der Waals surface area contributed by atoms with Crippen LogP contribution in [0, 0.1) is 0 Å². The highest BCUT2D eigenvalue weighted by Crippen LogP contribution is 2.36. The van der Waals surface area contributed by atoms with Gasteiger partial charge in [0, 0.05) is 10.9 Å². The van der Waals surface area contributed by atoms with E-state index >= 15 is 0 Å². The Hall–Kier alpha value is -2.00. The molecule has 0 unspecified atom stereocenters. The molecule has 25 heavy (non-hydrogen) atoms. The fraction of sp³-hybridized carbons (Fsp3) is 0.364. The van der Waals surface area contributed by atoms with Crippen molar-refractivity contribution in [1.82, 2.24) is 9.97 Å². The van der Waals surface area contributed by atoms with E-state index in [4.69, 9.17) is 0 Å². The van der Waals surface area contributed by atoms with Crippen LogP contribution < -0.4 is 5.19 Å². The second kappa shape index (κ2) is 6.38. The Morgan fingerprint density at radius 3 is 2.28 bits per heavy atom. The van der Waals surface area contributed by atoms with Gasteiger partial charge in [0.05, 0.1) is 19.3 Å². The van der Waals surface area contributed by atoms with Crippen molar-refractivity contribution in [2.24, 2.45) is 0 Å². The maximum Gasteiger partial charge on any atom is 0.116 e. The van der Waals surface area contributed by atoms with Crippen molar-refractivity contribution in [2.75, 3.05) is 0 Å². The van der Waals surface area contributed by atoms with Gasteiger partial charge in [-0.2, -0.15) is 0 Å². The summed E-state index contributed by atoms with van der Waals surface area (Å²) in [7, 11) is -1.27. The van der Waals surface area contributed by atoms with Gasteiger partial charge in [0.25, 0.3) is 0 Å². The van der Waals surface area contributed by atoms with Crippen molar-refractivity contribution in [3.8, 4) is 11.3 Å². The topological polar surface area (TPSA) is 25.8 Å². The fourth-order valence-corrected chi connectivity index (χ4v) is 5.11. The van der Waals surface area contributed by atoms with E-state index in [1.165, 1.54) is 42.0 Å². The number of hydrogen-bond donors (Lipinski definition) is 0. The van der Waals surface area contributed by atoms with Gasteiger partial charge in [-0.1, -0.05) is 74.1 Å². The molecule has 128 valence electrons. The zero-order chi connectivity index (χ0) is 17.4. The molecule has 0 spiro atoms. The maximum atomic E-state index is 4.60. The summed E-state index contributed by atoms with van der Waals surface area (Å²) in [6.45, 7) is 7.14. The number of hydrogen-bond acceptors (Lipinski definition) is 2. The lowest BCUT2D eigenvalue weighted by atomic mass is 9.95. The van der Waals surface area contributed by atoms with E-state index in [0.29, 0.717) is 0 Å². The summed E-state index contributed by atoms with van der Waals surface area (Å²) in [5, 5.41) is 2.64. The summed E-state index contributed by atoms with van der Waals surface area (Å²) < 4.78 is 0. The van der Waals surface area contributed by atoms with Gasteiger partial charge in [-0.25, -0.2) is 9.97 Å². The van der Waals surface area contributed by atoms with E-state index < -0.39 is 8.07 Å². The van der Waals surface area contributed by atoms with E-state index in [2.05, 4.69) is 72.1 Å². The lowest BCUT2D eigenvalue weighted by Gasteiger charge is -2.17. The molecule has 1 aliphatic rings. The van der Waals surface area contributed by atoms with Gasteiger partial charge in [-0.15, -0.1) is 0 Å². The standard InChI is InChI=1S/C22H26N2Si/c1-25(2,3)19-11-8-17(9-12-19)22-20-13-10-18(16-6-4-5-7-16)14-21(20)23-15-24-22/h8-16H,4-7H2,1-3H3. The van der Waals surface area contributed by atoms with Gasteiger partial charge < -0.3 is 0 Å². The van der Waals surface area contributed by atoms with Gasteiger partial charge in [0.15, 0.2) is 0 Å². The Bertz CT molecular complexity index is 888. The van der Waals surface area contributed by atoms with Crippen LogP contribution in [0.25, 0.3) is 22.2 Å². The van der Waals surface area contributed by atoms with E-state index in [1.807, 2.05) is 0 Å². The van der Waals surface area contributed by atoms with Gasteiger partial charge in [0.1, 0.15) is 6.33 Å². The number of aromatic nitrogens is 2. The molecule has 1 saturated carbocycles. The Morgan fingerprint density at radius 1 is 0.880 bits per heavy atom. The predicted octanol–water partition coefficient (Wildman–Crippen LogP) is 5.50. The molecule has 0 aliphatic heterocycles. The van der Waals surface area contributed by atoms with Crippen LogP contribution in [0.15, 0.2) is 48.8 Å². The highest BCUT2D eigenvalue weighted by atomic mass is 28.3. The molecule has 3 aromatic rings. The van der Waals surface area contributed by atoms with Gasteiger partial charge in [-0.3, -0.25) is 0 Å². The second-order valence-electron chi connectivity index (χ2n) is 8.31. The van der Waals surface area contributed by atoms with E-state index in [0.717, 1.165) is 22.5 Å². The number of fused-ring (bicyclic) bond motifs is 1. The molecule has 0 N–H and O–H groups in total. The molecule has 0 bridgehead atoms. The molecule has 2 nitrogen and oxygen atoms in total. The van der Waals surface area contributed by atoms with Crippen LogP contribution in [0.3, 0.4) is 0 Å². The van der Waals surface area contributed by atoms with E-state index in [-0.39, 0.29) is 0 Å². The fourth-order valence-electron chi connectivity index (χ4n) is 3.95. The van der Waals surface area contributed by atoms with Crippen molar-refractivity contribution in [3.05, 3.63) is 54.4 Å². The van der Waals surface area contributed by atoms with Crippen LogP contribution in [0.2, 0.25) is 19.6 Å². The normalized spacial score (nSPS) is 15.8. The third-order valence-electron chi connectivity index (χ3n) is 5.51. The molecule has 1 fully saturated rings. The molecule has 2 aromatic carbocycles. The van der Waals surface area contributed by atoms with Crippen LogP contribution in [0.4, 0.5) is 0 Å². The number of nitrogens with zero attached hydrogens (tertiary/aromatic N) is 2. The van der Waals surface area contributed by atoms with Crippen molar-refractivity contribution in [3.63, 3.8) is 0 Å². The van der Waals surface area contributed by atoms with Crippen molar-refractivity contribution in [1.29, 1.82) is 0 Å². The van der Waals surface area contributed by atoms with Crippen LogP contribution in [0.1, 0.15) is 37.2 Å². The number of benzene rings is 2. The summed E-state index contributed by atoms with van der Waals surface area (Å²) >= 11 is 0. The van der Waals surface area contributed by atoms with Gasteiger partial charge >= 0.3 is 0 Å². The first-order valence-electron chi connectivity index (χ1n) is 9.38. The minimum absolute atomic E-state index is 0.721. The van der Waals surface area contributed by atoms with Crippen molar-refractivity contribution in [2.45, 2.75) is 51.2 Å². The second-order valence-corrected chi connectivity index (χ2v) is 13.4. The molecule has 1 aromatic heterocycles. The molecule has 3 heteroatoms. The van der Waals surface area contributed by atoms with E-state index in [9.17, 15) is 0 Å². The molecular formula is C22H26N2Si. The molecule has 4 rings (SSSR count). The Morgan fingerprint density at radius 2 is 1.60 bits per heavy atom. The molecular weight excluding hydrogens is 320 g/mol. The molecule has 0 amide bonds. The lowest BCUT2D eigenvalue weighted by Crippen LogP contribution is -2.37. The minimum atomic E-state index is -1.27. The quantitative estimate of drug-likeness (QED) is 0.585. The highest BCUT2D eigenvalue weighted by molar-refractivity contribution is 6.88. The largest absolute Gasteiger partial charge is 0.236 e. The first-order chi connectivity index (χ1) is 12.0. The van der Waals surface area contributed by atoms with Crippen molar-refractivity contribution < 1.29 is 0 Å². The summed E-state index contributed by atoms with van der Waals surface area (Å²) in [5.74, 6) is 0.721. The third-order valence-corrected chi connectivity index (χ3v) is 7.58. The summed E-state index contributed by atoms with van der Waals surface area (Å²) in [5.41, 5.74) is 4.75. The SMILES string of the molecule is C[Si](C)(C)c1ccc(-c2ncnc3cc(C4CCCC4)ccc23)cc1. The molecule has 0 atom stereocenters. The third kappa shape index (κ3) is 3.25. The minimum Gasteiger partial charge on any atom is -0.236 e. The summed E-state index contributed by atoms with van der Waals surface area (Å²) in [6.07, 6.45) is 7.08. The Kier molecular flexibility index (Phi) is 4.20. The molecule has 0 saturated heterocycles. The summed E-state index contributed by atoms with van der Waals surface area (Å²) in [4.78, 5) is 9.15. The average molecular weight is 347 g/mol. The monoisotopic (exact) mass is 346 g/mol. The average Bonchev–Trinajstić information content (AvgIpc) is 3.15. The van der Waals surface area contributed by atoms with Crippen LogP contribution in [-0.2, 0) is 0 Å². The molecule has 0 radical (unpaired) electrons. The Labute approximate surface area is 151 Å². The summed E-state index contributed by atoms with van der Waals surface area (Å²) in [6, 6.07) is 15.8. The van der Waals surface area contributed by atoms with Crippen LogP contribution in [-0.4, -0.2) is 18.0 Å². The highest BCUT2D eigenvalue weighted by Gasteiger charge is 2.19. The van der Waals surface area contributed by atoms with Gasteiger partial charge in [0.2, 0.25) is 0 Å². The van der Waals surface area contributed by atoms with E-state index in [1.54, 1.807) is 6.33 Å². The zero-order valence-electron chi connectivity index (χ0n) is 15.4. The maximum absolute atomic E-state index is 4.60. The lowest BCUT2D eigenvalue weighted by molar-refractivity contribution is 0.724. The van der Waals surface area contributed by atoms with Crippen molar-refractivity contribution >= 4 is 24.2 Å². The van der Waals surface area contributed by atoms with Crippen LogP contribution >= 0.6 is 0 Å². The first-order valence-corrected chi connectivity index (χ1v) is 12.9. The van der Waals surface area contributed by atoms with Gasteiger partial charge in [-0.05, 0) is 30.4 Å². The smallest absolute Gasteiger partial charge is 0.116 e.